The molecule has 5 heteroatoms. The molecule has 5 nitrogen and oxygen atoms in total. The van der Waals surface area contributed by atoms with E-state index in [2.05, 4.69) is 5.32 Å². The Morgan fingerprint density at radius 2 is 2.25 bits per heavy atom. The van der Waals surface area contributed by atoms with E-state index >= 15 is 0 Å². The lowest BCUT2D eigenvalue weighted by molar-refractivity contribution is -0.138. The highest BCUT2D eigenvalue weighted by molar-refractivity contribution is 5.72. The maximum absolute atomic E-state index is 10.2. The fourth-order valence-electron chi connectivity index (χ4n) is 0.774. The second-order valence-electron chi connectivity index (χ2n) is 2.51. The van der Waals surface area contributed by atoms with Crippen LogP contribution in [-0.4, -0.2) is 30.1 Å². The first-order valence-electron chi connectivity index (χ1n) is 3.84. The van der Waals surface area contributed by atoms with Crippen molar-refractivity contribution in [2.24, 2.45) is 5.73 Å². The Kier molecular flexibility index (Phi) is 6.00. The van der Waals surface area contributed by atoms with E-state index in [-0.39, 0.29) is 0 Å². The summed E-state index contributed by atoms with van der Waals surface area (Å²) in [6.07, 6.45) is 2.56. The molecule has 0 fully saturated rings. The first-order chi connectivity index (χ1) is 5.68. The first kappa shape index (κ1) is 10.9. The van der Waals surface area contributed by atoms with E-state index in [9.17, 15) is 9.59 Å². The standard InChI is InChI=1S/C7H14N2O3/c8-6(7(11)12)3-1-2-4-9-5-10/h5-6H,1-4,8H2,(H,9,10)(H,11,12)/t6-/m0/s1. The third-order valence-electron chi connectivity index (χ3n) is 1.49. The molecule has 0 aliphatic heterocycles. The molecule has 0 spiro atoms. The average molecular weight is 174 g/mol. The molecule has 0 unspecified atom stereocenters. The van der Waals surface area contributed by atoms with Crippen molar-refractivity contribution in [3.05, 3.63) is 0 Å². The van der Waals surface area contributed by atoms with Crippen molar-refractivity contribution in [2.75, 3.05) is 6.54 Å². The molecule has 4 N–H and O–H groups in total. The number of rotatable bonds is 7. The Labute approximate surface area is 70.9 Å². The average Bonchev–Trinajstić information content (AvgIpc) is 2.03. The number of unbranched alkanes of at least 4 members (excludes halogenated alkanes) is 1. The molecule has 0 heterocycles. The number of amides is 1. The van der Waals surface area contributed by atoms with E-state index in [1.807, 2.05) is 0 Å². The fourth-order valence-corrected chi connectivity index (χ4v) is 0.774. The summed E-state index contributed by atoms with van der Waals surface area (Å²) in [5, 5.41) is 10.9. The lowest BCUT2D eigenvalue weighted by Crippen LogP contribution is -2.30. The van der Waals surface area contributed by atoms with Gasteiger partial charge in [0, 0.05) is 6.54 Å². The number of carbonyl (C=O) groups is 2. The molecule has 12 heavy (non-hydrogen) atoms. The molecular formula is C7H14N2O3. The predicted molar refractivity (Wildman–Crippen MR) is 43.5 cm³/mol. The van der Waals surface area contributed by atoms with E-state index in [0.717, 1.165) is 6.42 Å². The minimum absolute atomic E-state index is 0.454. The second-order valence-corrected chi connectivity index (χ2v) is 2.51. The van der Waals surface area contributed by atoms with Crippen LogP contribution in [0.3, 0.4) is 0 Å². The fraction of sp³-hybridized carbons (Fsp3) is 0.714. The van der Waals surface area contributed by atoms with Crippen molar-refractivity contribution in [2.45, 2.75) is 25.3 Å². The monoisotopic (exact) mass is 174 g/mol. The number of hydrogen-bond acceptors (Lipinski definition) is 3. The van der Waals surface area contributed by atoms with Crippen LogP contribution >= 0.6 is 0 Å². The normalized spacial score (nSPS) is 12.1. The second kappa shape index (κ2) is 6.60. The highest BCUT2D eigenvalue weighted by Crippen LogP contribution is 1.97. The third kappa shape index (κ3) is 5.67. The molecule has 0 aliphatic carbocycles. The van der Waals surface area contributed by atoms with E-state index in [4.69, 9.17) is 10.8 Å². The molecule has 0 radical (unpaired) electrons. The van der Waals surface area contributed by atoms with Crippen molar-refractivity contribution < 1.29 is 14.7 Å². The van der Waals surface area contributed by atoms with Gasteiger partial charge in [0.05, 0.1) is 0 Å². The number of carboxylic acid groups (broad SMARTS) is 1. The van der Waals surface area contributed by atoms with E-state index in [1.54, 1.807) is 0 Å². The molecule has 0 saturated carbocycles. The smallest absolute Gasteiger partial charge is 0.320 e. The SMILES string of the molecule is N[C@@H](CCCCNC=O)C(=O)O. The van der Waals surface area contributed by atoms with Crippen LogP contribution in [0.2, 0.25) is 0 Å². The summed E-state index contributed by atoms with van der Waals surface area (Å²) in [4.78, 5) is 20.0. The largest absolute Gasteiger partial charge is 0.480 e. The summed E-state index contributed by atoms with van der Waals surface area (Å²) < 4.78 is 0. The van der Waals surface area contributed by atoms with E-state index in [0.29, 0.717) is 25.8 Å². The highest BCUT2D eigenvalue weighted by atomic mass is 16.4. The molecular weight excluding hydrogens is 160 g/mol. The Bertz CT molecular complexity index is 150. The molecule has 70 valence electrons. The molecule has 0 bridgehead atoms. The van der Waals surface area contributed by atoms with Crippen LogP contribution in [0, 0.1) is 0 Å². The minimum Gasteiger partial charge on any atom is -0.480 e. The van der Waals surface area contributed by atoms with Crippen LogP contribution < -0.4 is 11.1 Å². The summed E-state index contributed by atoms with van der Waals surface area (Å²) in [5.74, 6) is -0.974. The van der Waals surface area contributed by atoms with Gasteiger partial charge < -0.3 is 16.2 Å². The zero-order chi connectivity index (χ0) is 9.40. The summed E-state index contributed by atoms with van der Waals surface area (Å²) in [6.45, 7) is 0.579. The lowest BCUT2D eigenvalue weighted by atomic mass is 10.1. The van der Waals surface area contributed by atoms with Gasteiger partial charge in [0.2, 0.25) is 6.41 Å². The van der Waals surface area contributed by atoms with Gasteiger partial charge in [-0.25, -0.2) is 0 Å². The Hall–Kier alpha value is -1.10. The summed E-state index contributed by atoms with van der Waals surface area (Å²) in [6, 6.07) is -0.777. The quantitative estimate of drug-likeness (QED) is 0.352. The number of carboxylic acids is 1. The van der Waals surface area contributed by atoms with Crippen LogP contribution in [0.4, 0.5) is 0 Å². The van der Waals surface area contributed by atoms with Gasteiger partial charge in [0.1, 0.15) is 6.04 Å². The van der Waals surface area contributed by atoms with Crippen LogP contribution in [0.1, 0.15) is 19.3 Å². The van der Waals surface area contributed by atoms with E-state index < -0.39 is 12.0 Å². The Morgan fingerprint density at radius 3 is 2.75 bits per heavy atom. The summed E-state index contributed by atoms with van der Waals surface area (Å²) in [5.41, 5.74) is 5.24. The van der Waals surface area contributed by atoms with Crippen LogP contribution in [0.5, 0.6) is 0 Å². The number of aliphatic carboxylic acids is 1. The summed E-state index contributed by atoms with van der Waals surface area (Å²) in [7, 11) is 0. The number of hydrogen-bond donors (Lipinski definition) is 3. The van der Waals surface area contributed by atoms with Gasteiger partial charge in [0.25, 0.3) is 0 Å². The van der Waals surface area contributed by atoms with Gasteiger partial charge in [0.15, 0.2) is 0 Å². The van der Waals surface area contributed by atoms with Crippen molar-refractivity contribution in [3.8, 4) is 0 Å². The predicted octanol–water partition coefficient (Wildman–Crippen LogP) is -0.685. The molecule has 1 amide bonds. The van der Waals surface area contributed by atoms with Crippen molar-refractivity contribution in [1.82, 2.24) is 5.32 Å². The van der Waals surface area contributed by atoms with Gasteiger partial charge in [-0.05, 0) is 19.3 Å². The van der Waals surface area contributed by atoms with Gasteiger partial charge >= 0.3 is 5.97 Å². The topological polar surface area (TPSA) is 92.4 Å². The summed E-state index contributed by atoms with van der Waals surface area (Å²) >= 11 is 0. The van der Waals surface area contributed by atoms with Crippen molar-refractivity contribution in [3.63, 3.8) is 0 Å². The Balaban J connectivity index is 3.19. The molecule has 0 aliphatic rings. The van der Waals surface area contributed by atoms with Crippen LogP contribution in [-0.2, 0) is 9.59 Å². The van der Waals surface area contributed by atoms with Crippen LogP contribution in [0.25, 0.3) is 0 Å². The maximum Gasteiger partial charge on any atom is 0.320 e. The van der Waals surface area contributed by atoms with Gasteiger partial charge in [-0.15, -0.1) is 0 Å². The number of nitrogens with one attached hydrogen (secondary N) is 1. The molecule has 0 aromatic carbocycles. The Morgan fingerprint density at radius 1 is 1.58 bits per heavy atom. The molecule has 0 aromatic heterocycles. The van der Waals surface area contributed by atoms with Gasteiger partial charge in [-0.3, -0.25) is 9.59 Å². The third-order valence-corrected chi connectivity index (χ3v) is 1.49. The molecule has 0 aromatic rings. The minimum atomic E-state index is -0.974. The van der Waals surface area contributed by atoms with E-state index in [1.165, 1.54) is 0 Å². The van der Waals surface area contributed by atoms with Crippen LogP contribution in [0.15, 0.2) is 0 Å². The zero-order valence-electron chi connectivity index (χ0n) is 6.82. The molecule has 1 atom stereocenters. The zero-order valence-corrected chi connectivity index (χ0v) is 6.82. The van der Waals surface area contributed by atoms with Crippen molar-refractivity contribution >= 4 is 12.4 Å². The number of nitrogens with two attached hydrogens (primary N) is 1. The van der Waals surface area contributed by atoms with Gasteiger partial charge in [-0.2, -0.15) is 0 Å². The lowest BCUT2D eigenvalue weighted by Gasteiger charge is -2.04. The maximum atomic E-state index is 10.2. The first-order valence-corrected chi connectivity index (χ1v) is 3.84. The van der Waals surface area contributed by atoms with Crippen molar-refractivity contribution in [1.29, 1.82) is 0 Å². The van der Waals surface area contributed by atoms with Gasteiger partial charge in [-0.1, -0.05) is 0 Å². The molecule has 0 rings (SSSR count). The number of carbonyl (C=O) groups excluding carboxylic acids is 1. The highest BCUT2D eigenvalue weighted by Gasteiger charge is 2.09. The molecule has 0 saturated heterocycles.